The Kier molecular flexibility index (Phi) is 4.89. The summed E-state index contributed by atoms with van der Waals surface area (Å²) in [5.74, 6) is -0.152. The van der Waals surface area contributed by atoms with Gasteiger partial charge in [-0.15, -0.1) is 0 Å². The van der Waals surface area contributed by atoms with Crippen LogP contribution in [0.4, 0.5) is 0 Å². The zero-order chi connectivity index (χ0) is 16.9. The van der Waals surface area contributed by atoms with Gasteiger partial charge in [0.25, 0.3) is 5.91 Å². The van der Waals surface area contributed by atoms with Crippen LogP contribution in [0, 0.1) is 6.92 Å². The fourth-order valence-electron chi connectivity index (χ4n) is 2.76. The highest BCUT2D eigenvalue weighted by atomic mass is 16.2. The van der Waals surface area contributed by atoms with Gasteiger partial charge in [0.05, 0.1) is 6.04 Å². The zero-order valence-electron chi connectivity index (χ0n) is 14.1. The van der Waals surface area contributed by atoms with E-state index in [0.29, 0.717) is 5.69 Å². The second kappa shape index (κ2) is 7.25. The number of pyridine rings is 2. The van der Waals surface area contributed by atoms with Crippen LogP contribution >= 0.6 is 0 Å². The lowest BCUT2D eigenvalue weighted by Gasteiger charge is -2.18. The summed E-state index contributed by atoms with van der Waals surface area (Å²) in [4.78, 5) is 21.2. The van der Waals surface area contributed by atoms with Crippen LogP contribution in [-0.4, -0.2) is 20.3 Å². The Labute approximate surface area is 141 Å². The molecule has 0 unspecified atom stereocenters. The lowest BCUT2D eigenvalue weighted by Crippen LogP contribution is -2.29. The highest BCUT2D eigenvalue weighted by Gasteiger charge is 2.17. The van der Waals surface area contributed by atoms with Gasteiger partial charge < -0.3 is 9.72 Å². The SMILES string of the molecule is CCCC[C@@H](NC(=O)c1cn2cc(C)ccc2n1)c1cccnc1. The molecule has 0 aliphatic carbocycles. The molecule has 0 aliphatic heterocycles. The van der Waals surface area contributed by atoms with Gasteiger partial charge in [0.1, 0.15) is 11.3 Å². The maximum atomic E-state index is 12.6. The first-order valence-electron chi connectivity index (χ1n) is 8.33. The Morgan fingerprint density at radius 2 is 2.17 bits per heavy atom. The number of aryl methyl sites for hydroxylation is 1. The van der Waals surface area contributed by atoms with Crippen LogP contribution in [0.25, 0.3) is 5.65 Å². The molecule has 3 aromatic heterocycles. The molecule has 24 heavy (non-hydrogen) atoms. The van der Waals surface area contributed by atoms with Crippen molar-refractivity contribution in [3.8, 4) is 0 Å². The molecule has 1 N–H and O–H groups in total. The molecule has 0 saturated heterocycles. The number of imidazole rings is 1. The first kappa shape index (κ1) is 16.2. The molecular weight excluding hydrogens is 300 g/mol. The second-order valence-electron chi connectivity index (χ2n) is 6.05. The number of aromatic nitrogens is 3. The van der Waals surface area contributed by atoms with Crippen molar-refractivity contribution in [2.24, 2.45) is 0 Å². The number of nitrogens with one attached hydrogen (secondary N) is 1. The Morgan fingerprint density at radius 3 is 2.92 bits per heavy atom. The van der Waals surface area contributed by atoms with E-state index in [-0.39, 0.29) is 11.9 Å². The Balaban J connectivity index is 1.81. The van der Waals surface area contributed by atoms with Crippen molar-refractivity contribution in [1.82, 2.24) is 19.7 Å². The van der Waals surface area contributed by atoms with Gasteiger partial charge in [0.2, 0.25) is 0 Å². The maximum Gasteiger partial charge on any atom is 0.271 e. The van der Waals surface area contributed by atoms with Crippen LogP contribution in [0.2, 0.25) is 0 Å². The second-order valence-corrected chi connectivity index (χ2v) is 6.05. The molecule has 0 bridgehead atoms. The van der Waals surface area contributed by atoms with Crippen molar-refractivity contribution >= 4 is 11.6 Å². The van der Waals surface area contributed by atoms with Crippen LogP contribution in [0.1, 0.15) is 53.8 Å². The fourth-order valence-corrected chi connectivity index (χ4v) is 2.76. The van der Waals surface area contributed by atoms with Gasteiger partial charge in [-0.05, 0) is 36.6 Å². The third-order valence-electron chi connectivity index (χ3n) is 4.07. The molecule has 0 aliphatic rings. The van der Waals surface area contributed by atoms with Crippen molar-refractivity contribution in [3.63, 3.8) is 0 Å². The lowest BCUT2D eigenvalue weighted by molar-refractivity contribution is 0.0929. The fraction of sp³-hybridized carbons (Fsp3) is 0.316. The van der Waals surface area contributed by atoms with E-state index < -0.39 is 0 Å². The number of nitrogens with zero attached hydrogens (tertiary/aromatic N) is 3. The van der Waals surface area contributed by atoms with Crippen LogP contribution < -0.4 is 5.32 Å². The molecule has 3 aromatic rings. The van der Waals surface area contributed by atoms with Crippen molar-refractivity contribution in [2.45, 2.75) is 39.2 Å². The molecule has 0 aromatic carbocycles. The van der Waals surface area contributed by atoms with Crippen LogP contribution in [0.15, 0.2) is 49.1 Å². The van der Waals surface area contributed by atoms with Gasteiger partial charge in [-0.2, -0.15) is 0 Å². The van der Waals surface area contributed by atoms with Crippen molar-refractivity contribution in [1.29, 1.82) is 0 Å². The summed E-state index contributed by atoms with van der Waals surface area (Å²) in [6.45, 7) is 4.16. The number of fused-ring (bicyclic) bond motifs is 1. The number of amides is 1. The summed E-state index contributed by atoms with van der Waals surface area (Å²) in [6, 6.07) is 7.76. The standard InChI is InChI=1S/C19H22N4O/c1-3-4-7-16(15-6-5-10-20-11-15)22-19(24)17-13-23-12-14(2)8-9-18(23)21-17/h5-6,8-13,16H,3-4,7H2,1-2H3,(H,22,24)/t16-/m1/s1. The van der Waals surface area contributed by atoms with Crippen molar-refractivity contribution < 1.29 is 4.79 Å². The lowest BCUT2D eigenvalue weighted by atomic mass is 10.0. The first-order valence-corrected chi connectivity index (χ1v) is 8.33. The molecule has 0 spiro atoms. The number of carbonyl (C=O) groups is 1. The third kappa shape index (κ3) is 3.62. The topological polar surface area (TPSA) is 59.3 Å². The van der Waals surface area contributed by atoms with Gasteiger partial charge in [-0.3, -0.25) is 9.78 Å². The molecule has 0 saturated carbocycles. The van der Waals surface area contributed by atoms with E-state index in [1.165, 1.54) is 0 Å². The molecule has 1 amide bonds. The molecule has 5 nitrogen and oxygen atoms in total. The average Bonchev–Trinajstić information content (AvgIpc) is 3.02. The van der Waals surface area contributed by atoms with Crippen molar-refractivity contribution in [2.75, 3.05) is 0 Å². The Hall–Kier alpha value is -2.69. The number of unbranched alkanes of at least 4 members (excludes halogenated alkanes) is 1. The van der Waals surface area contributed by atoms with Gasteiger partial charge in [0, 0.05) is 24.8 Å². The predicted molar refractivity (Wildman–Crippen MR) is 93.9 cm³/mol. The van der Waals surface area contributed by atoms with Crippen LogP contribution in [0.5, 0.6) is 0 Å². The van der Waals surface area contributed by atoms with E-state index in [4.69, 9.17) is 0 Å². The van der Waals surface area contributed by atoms with E-state index in [2.05, 4.69) is 22.2 Å². The van der Waals surface area contributed by atoms with E-state index >= 15 is 0 Å². The maximum absolute atomic E-state index is 12.6. The number of carbonyl (C=O) groups excluding carboxylic acids is 1. The number of hydrogen-bond donors (Lipinski definition) is 1. The van der Waals surface area contributed by atoms with Gasteiger partial charge in [-0.1, -0.05) is 31.9 Å². The smallest absolute Gasteiger partial charge is 0.271 e. The van der Waals surface area contributed by atoms with Crippen LogP contribution in [0.3, 0.4) is 0 Å². The summed E-state index contributed by atoms with van der Waals surface area (Å²) < 4.78 is 1.88. The van der Waals surface area contributed by atoms with E-state index in [1.54, 1.807) is 12.4 Å². The molecular formula is C19H22N4O. The first-order chi connectivity index (χ1) is 11.7. The van der Waals surface area contributed by atoms with E-state index in [1.807, 2.05) is 48.0 Å². The van der Waals surface area contributed by atoms with Crippen LogP contribution in [-0.2, 0) is 0 Å². The third-order valence-corrected chi connectivity index (χ3v) is 4.07. The molecule has 1 atom stereocenters. The molecule has 0 fully saturated rings. The normalized spacial score (nSPS) is 12.2. The summed E-state index contributed by atoms with van der Waals surface area (Å²) in [5, 5.41) is 3.11. The molecule has 5 heteroatoms. The Morgan fingerprint density at radius 1 is 1.29 bits per heavy atom. The molecule has 3 heterocycles. The summed E-state index contributed by atoms with van der Waals surface area (Å²) in [7, 11) is 0. The summed E-state index contributed by atoms with van der Waals surface area (Å²) in [6.07, 6.45) is 10.3. The largest absolute Gasteiger partial charge is 0.344 e. The monoisotopic (exact) mass is 322 g/mol. The number of rotatable bonds is 6. The minimum atomic E-state index is -0.152. The van der Waals surface area contributed by atoms with E-state index in [0.717, 1.165) is 36.0 Å². The quantitative estimate of drug-likeness (QED) is 0.753. The van der Waals surface area contributed by atoms with Gasteiger partial charge in [-0.25, -0.2) is 4.98 Å². The minimum absolute atomic E-state index is 0.0438. The molecule has 124 valence electrons. The predicted octanol–water partition coefficient (Wildman–Crippen LogP) is 3.70. The average molecular weight is 322 g/mol. The van der Waals surface area contributed by atoms with Gasteiger partial charge in [0.15, 0.2) is 0 Å². The minimum Gasteiger partial charge on any atom is -0.344 e. The van der Waals surface area contributed by atoms with E-state index in [9.17, 15) is 4.79 Å². The van der Waals surface area contributed by atoms with Gasteiger partial charge >= 0.3 is 0 Å². The number of hydrogen-bond acceptors (Lipinski definition) is 3. The highest BCUT2D eigenvalue weighted by molar-refractivity contribution is 5.93. The highest BCUT2D eigenvalue weighted by Crippen LogP contribution is 2.19. The molecule has 3 rings (SSSR count). The molecule has 0 radical (unpaired) electrons. The van der Waals surface area contributed by atoms with Crippen molar-refractivity contribution in [3.05, 3.63) is 65.9 Å². The summed E-state index contributed by atoms with van der Waals surface area (Å²) in [5.41, 5.74) is 3.37. The summed E-state index contributed by atoms with van der Waals surface area (Å²) >= 11 is 0. The Bertz CT molecular complexity index is 826. The zero-order valence-corrected chi connectivity index (χ0v) is 14.1.